The zero-order valence-electron chi connectivity index (χ0n) is 7.93. The standard InChI is InChI=1S/C14H12/c1-3-10-14-11-4-2-7-13(14)9-5-8-12(14)6-1/h1-12H. The smallest absolute Gasteiger partial charge is 0.0415 e. The van der Waals surface area contributed by atoms with Gasteiger partial charge in [-0.2, -0.15) is 0 Å². The van der Waals surface area contributed by atoms with Gasteiger partial charge in [-0.25, -0.2) is 0 Å². The average molecular weight is 180 g/mol. The quantitative estimate of drug-likeness (QED) is 0.536. The van der Waals surface area contributed by atoms with E-state index in [9.17, 15) is 0 Å². The van der Waals surface area contributed by atoms with E-state index in [0.29, 0.717) is 5.92 Å². The Hall–Kier alpha value is -1.56. The van der Waals surface area contributed by atoms with Gasteiger partial charge in [0.05, 0.1) is 0 Å². The molecule has 0 N–H and O–H groups in total. The minimum atomic E-state index is 0.109. The number of hydrogen-bond acceptors (Lipinski definition) is 0. The fourth-order valence-corrected chi connectivity index (χ4v) is 2.44. The molecule has 0 heteroatoms. The van der Waals surface area contributed by atoms with Crippen molar-refractivity contribution in [2.45, 2.75) is 0 Å². The Labute approximate surface area is 84.3 Å². The second-order valence-corrected chi connectivity index (χ2v) is 3.93. The van der Waals surface area contributed by atoms with Gasteiger partial charge in [0, 0.05) is 11.3 Å². The van der Waals surface area contributed by atoms with Gasteiger partial charge in [0.2, 0.25) is 0 Å². The second-order valence-electron chi connectivity index (χ2n) is 3.93. The summed E-state index contributed by atoms with van der Waals surface area (Å²) < 4.78 is 0. The van der Waals surface area contributed by atoms with Crippen molar-refractivity contribution in [1.29, 1.82) is 0 Å². The SMILES string of the molecule is C1=CC2=CC=CC3C=CC=CC23C=C1. The molecule has 0 aromatic carbocycles. The molecule has 3 rings (SSSR count). The van der Waals surface area contributed by atoms with Crippen LogP contribution in [0.25, 0.3) is 0 Å². The predicted octanol–water partition coefficient (Wildman–Crippen LogP) is 3.34. The molecule has 0 radical (unpaired) electrons. The Bertz CT molecular complexity index is 417. The predicted molar refractivity (Wildman–Crippen MR) is 59.7 cm³/mol. The van der Waals surface area contributed by atoms with Crippen LogP contribution >= 0.6 is 0 Å². The Morgan fingerprint density at radius 1 is 0.857 bits per heavy atom. The van der Waals surface area contributed by atoms with Gasteiger partial charge in [-0.05, 0) is 5.57 Å². The fraction of sp³-hybridized carbons (Fsp3) is 0.143. The molecule has 68 valence electrons. The highest BCUT2D eigenvalue weighted by Gasteiger charge is 2.36. The summed E-state index contributed by atoms with van der Waals surface area (Å²) >= 11 is 0. The Morgan fingerprint density at radius 3 is 2.57 bits per heavy atom. The first-order chi connectivity index (χ1) is 6.92. The summed E-state index contributed by atoms with van der Waals surface area (Å²) in [6.45, 7) is 0. The van der Waals surface area contributed by atoms with Gasteiger partial charge in [-0.15, -0.1) is 0 Å². The Balaban J connectivity index is 2.20. The minimum absolute atomic E-state index is 0.109. The van der Waals surface area contributed by atoms with E-state index in [1.165, 1.54) is 5.57 Å². The highest BCUT2D eigenvalue weighted by Crippen LogP contribution is 2.46. The van der Waals surface area contributed by atoms with Crippen LogP contribution in [-0.4, -0.2) is 0 Å². The van der Waals surface area contributed by atoms with Crippen molar-refractivity contribution in [2.75, 3.05) is 0 Å². The highest BCUT2D eigenvalue weighted by molar-refractivity contribution is 5.51. The second kappa shape index (κ2) is 2.71. The average Bonchev–Trinajstić information content (AvgIpc) is 2.26. The number of allylic oxidation sites excluding steroid dienone is 12. The minimum Gasteiger partial charge on any atom is -0.0761 e. The normalized spacial score (nSPS) is 36.6. The van der Waals surface area contributed by atoms with Gasteiger partial charge < -0.3 is 0 Å². The summed E-state index contributed by atoms with van der Waals surface area (Å²) in [6.07, 6.45) is 24.3. The largest absolute Gasteiger partial charge is 0.0761 e. The van der Waals surface area contributed by atoms with Crippen molar-refractivity contribution in [3.8, 4) is 0 Å². The first kappa shape index (κ1) is 7.81. The van der Waals surface area contributed by atoms with E-state index in [-0.39, 0.29) is 5.41 Å². The van der Waals surface area contributed by atoms with Gasteiger partial charge >= 0.3 is 0 Å². The summed E-state index contributed by atoms with van der Waals surface area (Å²) in [5.41, 5.74) is 1.51. The third-order valence-electron chi connectivity index (χ3n) is 3.21. The van der Waals surface area contributed by atoms with E-state index in [1.54, 1.807) is 0 Å². The van der Waals surface area contributed by atoms with Crippen molar-refractivity contribution >= 4 is 0 Å². The lowest BCUT2D eigenvalue weighted by Gasteiger charge is -2.39. The van der Waals surface area contributed by atoms with Crippen LogP contribution in [0.15, 0.2) is 72.4 Å². The summed E-state index contributed by atoms with van der Waals surface area (Å²) in [5, 5.41) is 0. The molecule has 0 nitrogen and oxygen atoms in total. The molecule has 0 heterocycles. The lowest BCUT2D eigenvalue weighted by atomic mass is 9.64. The molecule has 1 spiro atoms. The van der Waals surface area contributed by atoms with Gasteiger partial charge in [0.1, 0.15) is 0 Å². The molecule has 0 amide bonds. The fourth-order valence-electron chi connectivity index (χ4n) is 2.44. The van der Waals surface area contributed by atoms with Crippen molar-refractivity contribution in [3.63, 3.8) is 0 Å². The summed E-state index contributed by atoms with van der Waals surface area (Å²) in [6, 6.07) is 0. The highest BCUT2D eigenvalue weighted by atomic mass is 14.4. The number of hydrogen-bond donors (Lipinski definition) is 0. The van der Waals surface area contributed by atoms with Crippen LogP contribution in [-0.2, 0) is 0 Å². The Kier molecular flexibility index (Phi) is 1.51. The van der Waals surface area contributed by atoms with E-state index in [1.807, 2.05) is 0 Å². The molecular weight excluding hydrogens is 168 g/mol. The lowest BCUT2D eigenvalue weighted by molar-refractivity contribution is 0.489. The van der Waals surface area contributed by atoms with Gasteiger partial charge in [0.25, 0.3) is 0 Å². The van der Waals surface area contributed by atoms with E-state index in [2.05, 4.69) is 66.8 Å². The first-order valence-corrected chi connectivity index (χ1v) is 5.03. The monoisotopic (exact) mass is 180 g/mol. The first-order valence-electron chi connectivity index (χ1n) is 5.03. The molecule has 0 bridgehead atoms. The van der Waals surface area contributed by atoms with Gasteiger partial charge in [-0.1, -0.05) is 66.8 Å². The molecule has 0 saturated carbocycles. The zero-order chi connectivity index (χ0) is 9.43. The van der Waals surface area contributed by atoms with Crippen LogP contribution in [0.2, 0.25) is 0 Å². The Morgan fingerprint density at radius 2 is 1.64 bits per heavy atom. The lowest BCUT2D eigenvalue weighted by Crippen LogP contribution is -2.29. The summed E-state index contributed by atoms with van der Waals surface area (Å²) in [4.78, 5) is 0. The van der Waals surface area contributed by atoms with Crippen LogP contribution in [0.1, 0.15) is 0 Å². The summed E-state index contributed by atoms with van der Waals surface area (Å²) in [7, 11) is 0. The van der Waals surface area contributed by atoms with E-state index in [0.717, 1.165) is 0 Å². The molecule has 14 heavy (non-hydrogen) atoms. The molecule has 2 atom stereocenters. The maximum absolute atomic E-state index is 2.30. The van der Waals surface area contributed by atoms with Crippen molar-refractivity contribution in [2.24, 2.45) is 11.3 Å². The molecule has 0 saturated heterocycles. The molecule has 0 aliphatic heterocycles. The van der Waals surface area contributed by atoms with Crippen LogP contribution in [0, 0.1) is 11.3 Å². The van der Waals surface area contributed by atoms with Crippen LogP contribution in [0.3, 0.4) is 0 Å². The number of rotatable bonds is 0. The third-order valence-corrected chi connectivity index (χ3v) is 3.21. The third kappa shape index (κ3) is 0.884. The van der Waals surface area contributed by atoms with Crippen LogP contribution < -0.4 is 0 Å². The zero-order valence-corrected chi connectivity index (χ0v) is 7.93. The van der Waals surface area contributed by atoms with Crippen molar-refractivity contribution in [3.05, 3.63) is 72.4 Å². The molecule has 3 aliphatic carbocycles. The van der Waals surface area contributed by atoms with E-state index >= 15 is 0 Å². The topological polar surface area (TPSA) is 0 Å². The van der Waals surface area contributed by atoms with Gasteiger partial charge in [0.15, 0.2) is 0 Å². The molecular formula is C14H12. The molecule has 2 unspecified atom stereocenters. The van der Waals surface area contributed by atoms with E-state index in [4.69, 9.17) is 0 Å². The summed E-state index contributed by atoms with van der Waals surface area (Å²) in [5.74, 6) is 0.494. The van der Waals surface area contributed by atoms with E-state index < -0.39 is 0 Å². The van der Waals surface area contributed by atoms with Crippen LogP contribution in [0.5, 0.6) is 0 Å². The molecule has 0 fully saturated rings. The molecule has 3 aliphatic rings. The van der Waals surface area contributed by atoms with Crippen molar-refractivity contribution < 1.29 is 0 Å². The maximum atomic E-state index is 2.30. The molecule has 0 aromatic heterocycles. The van der Waals surface area contributed by atoms with Crippen molar-refractivity contribution in [1.82, 2.24) is 0 Å². The van der Waals surface area contributed by atoms with Gasteiger partial charge in [-0.3, -0.25) is 0 Å². The maximum Gasteiger partial charge on any atom is 0.0415 e. The molecule has 0 aromatic rings. The van der Waals surface area contributed by atoms with Crippen LogP contribution in [0.4, 0.5) is 0 Å².